The first-order valence-corrected chi connectivity index (χ1v) is 6.81. The van der Waals surface area contributed by atoms with Gasteiger partial charge in [-0.3, -0.25) is 9.59 Å². The molecule has 116 valence electrons. The van der Waals surface area contributed by atoms with E-state index in [2.05, 4.69) is 0 Å². The Kier molecular flexibility index (Phi) is 6.07. The molecule has 0 bridgehead atoms. The lowest BCUT2D eigenvalue weighted by Gasteiger charge is -2.16. The van der Waals surface area contributed by atoms with Crippen molar-refractivity contribution in [1.82, 2.24) is 4.90 Å². The topological polar surface area (TPSA) is 46.6 Å². The molecule has 0 N–H and O–H groups in total. The molecule has 4 nitrogen and oxygen atoms in total. The average molecular weight is 321 g/mol. The number of likely N-dealkylation sites (N-methyl/N-ethyl adjacent to an activating group) is 1. The minimum absolute atomic E-state index is 0.00732. The molecule has 21 heavy (non-hydrogen) atoms. The number of alkyl halides is 3. The highest BCUT2D eigenvalue weighted by Crippen LogP contribution is 2.36. The fourth-order valence-electron chi connectivity index (χ4n) is 1.49. The summed E-state index contributed by atoms with van der Waals surface area (Å²) in [5.41, 5.74) is -4.17. The Morgan fingerprint density at radius 3 is 2.29 bits per heavy atom. The zero-order chi connectivity index (χ0) is 16.0. The first-order chi connectivity index (χ1) is 9.73. The van der Waals surface area contributed by atoms with Gasteiger partial charge in [-0.15, -0.1) is 0 Å². The Balaban J connectivity index is 2.68. The predicted molar refractivity (Wildman–Crippen MR) is 71.9 cm³/mol. The standard InChI is InChI=1S/C13H14F3NO3S/c1-3-20-11(18)8-17(2)12(19)9-4-6-10(7-5-9)21-13(14,15)16/h4-7H,3,8H2,1-2H3. The smallest absolute Gasteiger partial charge is 0.446 e. The van der Waals surface area contributed by atoms with Crippen LogP contribution in [0.1, 0.15) is 17.3 Å². The predicted octanol–water partition coefficient (Wildman–Crippen LogP) is 2.93. The fourth-order valence-corrected chi connectivity index (χ4v) is 2.03. The van der Waals surface area contributed by atoms with Gasteiger partial charge in [0.25, 0.3) is 5.91 Å². The molecular formula is C13H14F3NO3S. The molecule has 1 aromatic rings. The van der Waals surface area contributed by atoms with Crippen LogP contribution in [0, 0.1) is 0 Å². The Morgan fingerprint density at radius 1 is 1.24 bits per heavy atom. The van der Waals surface area contributed by atoms with E-state index in [0.29, 0.717) is 0 Å². The molecule has 0 aromatic heterocycles. The number of amides is 1. The van der Waals surface area contributed by atoms with Crippen molar-refractivity contribution in [3.63, 3.8) is 0 Å². The van der Waals surface area contributed by atoms with E-state index in [-0.39, 0.29) is 35.4 Å². The first kappa shape index (κ1) is 17.4. The molecule has 0 aliphatic heterocycles. The summed E-state index contributed by atoms with van der Waals surface area (Å²) in [4.78, 5) is 24.4. The Morgan fingerprint density at radius 2 is 1.81 bits per heavy atom. The van der Waals surface area contributed by atoms with Crippen LogP contribution in [0.2, 0.25) is 0 Å². The van der Waals surface area contributed by atoms with Crippen LogP contribution in [-0.4, -0.2) is 42.5 Å². The van der Waals surface area contributed by atoms with Gasteiger partial charge >= 0.3 is 11.5 Å². The van der Waals surface area contributed by atoms with Crippen LogP contribution >= 0.6 is 11.8 Å². The molecule has 0 heterocycles. The number of ether oxygens (including phenoxy) is 1. The van der Waals surface area contributed by atoms with Crippen LogP contribution < -0.4 is 0 Å². The van der Waals surface area contributed by atoms with Crippen LogP contribution in [0.25, 0.3) is 0 Å². The Bertz CT molecular complexity index is 502. The minimum Gasteiger partial charge on any atom is -0.465 e. The third-order valence-electron chi connectivity index (χ3n) is 2.35. The van der Waals surface area contributed by atoms with Crippen LogP contribution in [0.5, 0.6) is 0 Å². The average Bonchev–Trinajstić information content (AvgIpc) is 2.37. The first-order valence-electron chi connectivity index (χ1n) is 6.00. The van der Waals surface area contributed by atoms with E-state index in [9.17, 15) is 22.8 Å². The number of thioether (sulfide) groups is 1. The molecular weight excluding hydrogens is 307 g/mol. The van der Waals surface area contributed by atoms with Gasteiger partial charge in [-0.05, 0) is 43.0 Å². The van der Waals surface area contributed by atoms with Crippen molar-refractivity contribution in [3.05, 3.63) is 29.8 Å². The van der Waals surface area contributed by atoms with Gasteiger partial charge in [0, 0.05) is 17.5 Å². The maximum atomic E-state index is 12.2. The number of hydrogen-bond acceptors (Lipinski definition) is 4. The third kappa shape index (κ3) is 6.07. The molecule has 0 radical (unpaired) electrons. The SMILES string of the molecule is CCOC(=O)CN(C)C(=O)c1ccc(SC(F)(F)F)cc1. The second-order valence-corrected chi connectivity index (χ2v) is 5.18. The summed E-state index contributed by atoms with van der Waals surface area (Å²) in [6, 6.07) is 5.00. The lowest BCUT2D eigenvalue weighted by Crippen LogP contribution is -2.33. The lowest BCUT2D eigenvalue weighted by atomic mass is 10.2. The van der Waals surface area contributed by atoms with Gasteiger partial charge in [-0.1, -0.05) is 0 Å². The third-order valence-corrected chi connectivity index (χ3v) is 3.09. The Labute approximate surface area is 124 Å². The van der Waals surface area contributed by atoms with E-state index in [1.807, 2.05) is 0 Å². The number of carbonyl (C=O) groups is 2. The van der Waals surface area contributed by atoms with Gasteiger partial charge in [0.15, 0.2) is 0 Å². The summed E-state index contributed by atoms with van der Waals surface area (Å²) in [5, 5.41) is 0. The summed E-state index contributed by atoms with van der Waals surface area (Å²) in [5.74, 6) is -1.01. The van der Waals surface area contributed by atoms with Crippen molar-refractivity contribution in [2.75, 3.05) is 20.2 Å². The maximum absolute atomic E-state index is 12.2. The van der Waals surface area contributed by atoms with Gasteiger partial charge in [-0.25, -0.2) is 0 Å². The minimum atomic E-state index is -4.37. The fraction of sp³-hybridized carbons (Fsp3) is 0.385. The largest absolute Gasteiger partial charge is 0.465 e. The highest BCUT2D eigenvalue weighted by molar-refractivity contribution is 8.00. The number of carbonyl (C=O) groups excluding carboxylic acids is 2. The molecule has 0 atom stereocenters. The second-order valence-electron chi connectivity index (χ2n) is 4.04. The second kappa shape index (κ2) is 7.35. The van der Waals surface area contributed by atoms with Crippen molar-refractivity contribution in [2.24, 2.45) is 0 Å². The summed E-state index contributed by atoms with van der Waals surface area (Å²) in [7, 11) is 1.41. The quantitative estimate of drug-likeness (QED) is 0.618. The summed E-state index contributed by atoms with van der Waals surface area (Å²) < 4.78 is 41.3. The number of esters is 1. The van der Waals surface area contributed by atoms with Gasteiger partial charge < -0.3 is 9.64 Å². The molecule has 0 aliphatic rings. The van der Waals surface area contributed by atoms with Crippen LogP contribution in [0.3, 0.4) is 0 Å². The van der Waals surface area contributed by atoms with E-state index in [4.69, 9.17) is 4.74 Å². The highest BCUT2D eigenvalue weighted by Gasteiger charge is 2.29. The molecule has 1 rings (SSSR count). The summed E-state index contributed by atoms with van der Waals surface area (Å²) in [6.45, 7) is 1.65. The van der Waals surface area contributed by atoms with Gasteiger partial charge in [0.05, 0.1) is 6.61 Å². The molecule has 8 heteroatoms. The van der Waals surface area contributed by atoms with Crippen molar-refractivity contribution in [3.8, 4) is 0 Å². The number of halogens is 3. The Hall–Kier alpha value is -1.70. The number of benzene rings is 1. The van der Waals surface area contributed by atoms with E-state index in [0.717, 1.165) is 4.90 Å². The number of nitrogens with zero attached hydrogens (tertiary/aromatic N) is 1. The lowest BCUT2D eigenvalue weighted by molar-refractivity contribution is -0.143. The number of rotatable bonds is 5. The normalized spacial score (nSPS) is 11.1. The maximum Gasteiger partial charge on any atom is 0.446 e. The molecule has 0 saturated carbocycles. The van der Waals surface area contributed by atoms with Crippen molar-refractivity contribution in [2.45, 2.75) is 17.3 Å². The molecule has 1 amide bonds. The molecule has 0 fully saturated rings. The van der Waals surface area contributed by atoms with Crippen molar-refractivity contribution < 1.29 is 27.5 Å². The van der Waals surface area contributed by atoms with Crippen molar-refractivity contribution in [1.29, 1.82) is 0 Å². The monoisotopic (exact) mass is 321 g/mol. The van der Waals surface area contributed by atoms with Crippen molar-refractivity contribution >= 4 is 23.6 Å². The molecule has 0 aliphatic carbocycles. The van der Waals surface area contributed by atoms with Gasteiger partial charge in [-0.2, -0.15) is 13.2 Å². The van der Waals surface area contributed by atoms with Crippen LogP contribution in [0.15, 0.2) is 29.2 Å². The summed E-state index contributed by atoms with van der Waals surface area (Å²) >= 11 is -0.252. The van der Waals surface area contributed by atoms with E-state index >= 15 is 0 Å². The zero-order valence-electron chi connectivity index (χ0n) is 11.4. The molecule has 1 aromatic carbocycles. The summed E-state index contributed by atoms with van der Waals surface area (Å²) in [6.07, 6.45) is 0. The molecule has 0 saturated heterocycles. The molecule has 0 unspecified atom stereocenters. The van der Waals surface area contributed by atoms with Gasteiger partial charge in [0.1, 0.15) is 6.54 Å². The number of hydrogen-bond donors (Lipinski definition) is 0. The van der Waals surface area contributed by atoms with Crippen LogP contribution in [0.4, 0.5) is 13.2 Å². The highest BCUT2D eigenvalue weighted by atomic mass is 32.2. The molecule has 0 spiro atoms. The van der Waals surface area contributed by atoms with E-state index < -0.39 is 17.4 Å². The zero-order valence-corrected chi connectivity index (χ0v) is 12.3. The van der Waals surface area contributed by atoms with Gasteiger partial charge in [0.2, 0.25) is 0 Å². The van der Waals surface area contributed by atoms with E-state index in [1.54, 1.807) is 6.92 Å². The van der Waals surface area contributed by atoms with E-state index in [1.165, 1.54) is 31.3 Å². The van der Waals surface area contributed by atoms with Crippen LogP contribution in [-0.2, 0) is 9.53 Å².